The zero-order valence-corrected chi connectivity index (χ0v) is 16.5. The zero-order valence-electron chi connectivity index (χ0n) is 14.1. The van der Waals surface area contributed by atoms with Crippen LogP contribution >= 0.6 is 24.0 Å². The second-order valence-electron chi connectivity index (χ2n) is 5.28. The van der Waals surface area contributed by atoms with Crippen LogP contribution in [0.1, 0.15) is 23.6 Å². The maximum Gasteiger partial charge on any atom is 0.191 e. The second-order valence-corrected chi connectivity index (χ2v) is 5.28. The van der Waals surface area contributed by atoms with Crippen LogP contribution in [0.2, 0.25) is 0 Å². The van der Waals surface area contributed by atoms with E-state index in [-0.39, 0.29) is 29.8 Å². The third kappa shape index (κ3) is 7.10. The molecule has 0 saturated carbocycles. The van der Waals surface area contributed by atoms with Crippen LogP contribution < -0.4 is 10.6 Å². The Hall–Kier alpha value is -2.14. The first kappa shape index (κ1) is 20.9. The van der Waals surface area contributed by atoms with E-state index in [0.717, 1.165) is 12.1 Å². The summed E-state index contributed by atoms with van der Waals surface area (Å²) in [5.74, 6) is 0.491. The van der Waals surface area contributed by atoms with Gasteiger partial charge in [-0.2, -0.15) is 5.26 Å². The third-order valence-electron chi connectivity index (χ3n) is 3.46. The van der Waals surface area contributed by atoms with Crippen LogP contribution in [0.5, 0.6) is 0 Å². The van der Waals surface area contributed by atoms with Crippen molar-refractivity contribution in [2.24, 2.45) is 4.99 Å². The molecule has 25 heavy (non-hydrogen) atoms. The fraction of sp³-hybridized carbons (Fsp3) is 0.263. The molecule has 0 saturated heterocycles. The standard InChI is InChI=1S/C19H21FN4.HI/c1-2-22-19(23-11-10-17-8-3-4-9-18(17)20)24-14-16-7-5-6-15(12-16)13-21;/h3-9,12H,2,10-11,14H2,1H3,(H2,22,23,24);1H. The Morgan fingerprint density at radius 2 is 1.96 bits per heavy atom. The minimum atomic E-state index is -0.186. The number of halogens is 2. The first-order valence-corrected chi connectivity index (χ1v) is 7.97. The van der Waals surface area contributed by atoms with Crippen molar-refractivity contribution in [3.05, 3.63) is 71.0 Å². The van der Waals surface area contributed by atoms with Gasteiger partial charge in [0.2, 0.25) is 0 Å². The second kappa shape index (κ2) is 11.4. The number of hydrogen-bond acceptors (Lipinski definition) is 2. The van der Waals surface area contributed by atoms with Crippen molar-refractivity contribution < 1.29 is 4.39 Å². The van der Waals surface area contributed by atoms with Gasteiger partial charge < -0.3 is 10.6 Å². The average molecular weight is 452 g/mol. The van der Waals surface area contributed by atoms with Gasteiger partial charge in [0.1, 0.15) is 5.82 Å². The first-order chi connectivity index (χ1) is 11.7. The van der Waals surface area contributed by atoms with E-state index in [1.54, 1.807) is 18.2 Å². The molecular formula is C19H22FIN4. The molecular weight excluding hydrogens is 430 g/mol. The number of nitrogens with zero attached hydrogens (tertiary/aromatic N) is 2. The van der Waals surface area contributed by atoms with E-state index < -0.39 is 0 Å². The highest BCUT2D eigenvalue weighted by Gasteiger charge is 2.02. The Morgan fingerprint density at radius 3 is 2.68 bits per heavy atom. The van der Waals surface area contributed by atoms with Crippen LogP contribution in [-0.2, 0) is 13.0 Å². The van der Waals surface area contributed by atoms with Crippen LogP contribution in [0.15, 0.2) is 53.5 Å². The molecule has 0 aliphatic carbocycles. The summed E-state index contributed by atoms with van der Waals surface area (Å²) in [4.78, 5) is 4.50. The lowest BCUT2D eigenvalue weighted by Crippen LogP contribution is -2.38. The van der Waals surface area contributed by atoms with E-state index >= 15 is 0 Å². The highest BCUT2D eigenvalue weighted by atomic mass is 127. The molecule has 132 valence electrons. The smallest absolute Gasteiger partial charge is 0.191 e. The molecule has 2 N–H and O–H groups in total. The summed E-state index contributed by atoms with van der Waals surface area (Å²) in [5, 5.41) is 15.3. The molecule has 0 atom stereocenters. The van der Waals surface area contributed by atoms with E-state index in [1.807, 2.05) is 31.2 Å². The Kier molecular flexibility index (Phi) is 9.55. The summed E-state index contributed by atoms with van der Waals surface area (Å²) >= 11 is 0. The molecule has 2 rings (SSSR count). The van der Waals surface area contributed by atoms with Crippen molar-refractivity contribution in [2.75, 3.05) is 13.1 Å². The SMILES string of the molecule is CCNC(=NCc1cccc(C#N)c1)NCCc1ccccc1F.I. The lowest BCUT2D eigenvalue weighted by Gasteiger charge is -2.11. The summed E-state index contributed by atoms with van der Waals surface area (Å²) in [7, 11) is 0. The third-order valence-corrected chi connectivity index (χ3v) is 3.46. The van der Waals surface area contributed by atoms with Crippen LogP contribution in [-0.4, -0.2) is 19.0 Å². The van der Waals surface area contributed by atoms with E-state index in [4.69, 9.17) is 5.26 Å². The molecule has 2 aromatic carbocycles. The van der Waals surface area contributed by atoms with Crippen molar-refractivity contribution in [1.82, 2.24) is 10.6 Å². The molecule has 0 radical (unpaired) electrons. The lowest BCUT2D eigenvalue weighted by molar-refractivity contribution is 0.606. The van der Waals surface area contributed by atoms with Crippen LogP contribution in [0.25, 0.3) is 0 Å². The molecule has 0 fully saturated rings. The minimum Gasteiger partial charge on any atom is -0.357 e. The van der Waals surface area contributed by atoms with Gasteiger partial charge in [-0.25, -0.2) is 9.38 Å². The van der Waals surface area contributed by atoms with Crippen molar-refractivity contribution >= 4 is 29.9 Å². The van der Waals surface area contributed by atoms with Crippen LogP contribution in [0, 0.1) is 17.1 Å². The van der Waals surface area contributed by atoms with Gasteiger partial charge in [-0.1, -0.05) is 30.3 Å². The molecule has 0 heterocycles. The summed E-state index contributed by atoms with van der Waals surface area (Å²) < 4.78 is 13.6. The Balaban J connectivity index is 0.00000312. The van der Waals surface area contributed by atoms with Crippen molar-refractivity contribution in [3.63, 3.8) is 0 Å². The molecule has 0 bridgehead atoms. The van der Waals surface area contributed by atoms with Gasteiger partial charge in [-0.15, -0.1) is 24.0 Å². The maximum absolute atomic E-state index is 13.6. The molecule has 6 heteroatoms. The normalized spacial score (nSPS) is 10.5. The summed E-state index contributed by atoms with van der Waals surface area (Å²) in [6.45, 7) is 3.80. The summed E-state index contributed by atoms with van der Waals surface area (Å²) in [5.41, 5.74) is 2.28. The predicted octanol–water partition coefficient (Wildman–Crippen LogP) is 3.61. The van der Waals surface area contributed by atoms with Gasteiger partial charge >= 0.3 is 0 Å². The molecule has 4 nitrogen and oxygen atoms in total. The van der Waals surface area contributed by atoms with Crippen LogP contribution in [0.3, 0.4) is 0 Å². The highest BCUT2D eigenvalue weighted by molar-refractivity contribution is 14.0. The van der Waals surface area contributed by atoms with Gasteiger partial charge in [0.05, 0.1) is 18.2 Å². The monoisotopic (exact) mass is 452 g/mol. The molecule has 0 aliphatic rings. The fourth-order valence-electron chi connectivity index (χ4n) is 2.27. The molecule has 0 spiro atoms. The molecule has 0 aromatic heterocycles. The van der Waals surface area contributed by atoms with Gasteiger partial charge in [0.25, 0.3) is 0 Å². The van der Waals surface area contributed by atoms with Crippen molar-refractivity contribution in [1.29, 1.82) is 5.26 Å². The largest absolute Gasteiger partial charge is 0.357 e. The molecule has 0 unspecified atom stereocenters. The van der Waals surface area contributed by atoms with E-state index in [0.29, 0.717) is 36.6 Å². The molecule has 0 amide bonds. The number of hydrogen-bond donors (Lipinski definition) is 2. The Morgan fingerprint density at radius 1 is 1.16 bits per heavy atom. The number of benzene rings is 2. The van der Waals surface area contributed by atoms with Gasteiger partial charge in [-0.05, 0) is 42.7 Å². The minimum absolute atomic E-state index is 0. The number of guanidine groups is 1. The number of aliphatic imine (C=N–C) groups is 1. The summed E-state index contributed by atoms with van der Waals surface area (Å²) in [6.07, 6.45) is 0.584. The average Bonchev–Trinajstić information content (AvgIpc) is 2.61. The Labute approximate surface area is 165 Å². The fourth-order valence-corrected chi connectivity index (χ4v) is 2.27. The molecule has 2 aromatic rings. The first-order valence-electron chi connectivity index (χ1n) is 7.97. The lowest BCUT2D eigenvalue weighted by atomic mass is 10.1. The van der Waals surface area contributed by atoms with E-state index in [9.17, 15) is 4.39 Å². The number of nitrogens with one attached hydrogen (secondary N) is 2. The van der Waals surface area contributed by atoms with E-state index in [1.165, 1.54) is 6.07 Å². The number of nitriles is 1. The van der Waals surface area contributed by atoms with Crippen LogP contribution in [0.4, 0.5) is 4.39 Å². The Bertz CT molecular complexity index is 740. The summed E-state index contributed by atoms with van der Waals surface area (Å²) in [6, 6.07) is 16.3. The van der Waals surface area contributed by atoms with Crippen molar-refractivity contribution in [3.8, 4) is 6.07 Å². The maximum atomic E-state index is 13.6. The van der Waals surface area contributed by atoms with Gasteiger partial charge in [-0.3, -0.25) is 0 Å². The topological polar surface area (TPSA) is 60.2 Å². The van der Waals surface area contributed by atoms with Crippen molar-refractivity contribution in [2.45, 2.75) is 19.9 Å². The predicted molar refractivity (Wildman–Crippen MR) is 109 cm³/mol. The van der Waals surface area contributed by atoms with Gasteiger partial charge in [0.15, 0.2) is 5.96 Å². The highest BCUT2D eigenvalue weighted by Crippen LogP contribution is 2.07. The quantitative estimate of drug-likeness (QED) is 0.400. The number of rotatable bonds is 6. The van der Waals surface area contributed by atoms with E-state index in [2.05, 4.69) is 21.7 Å². The zero-order chi connectivity index (χ0) is 17.2. The van der Waals surface area contributed by atoms with Gasteiger partial charge in [0, 0.05) is 13.1 Å². The molecule has 0 aliphatic heterocycles.